The molecule has 0 bridgehead atoms. The van der Waals surface area contributed by atoms with E-state index in [4.69, 9.17) is 26.1 Å². The van der Waals surface area contributed by atoms with Crippen LogP contribution in [0.3, 0.4) is 0 Å². The van der Waals surface area contributed by atoms with Crippen LogP contribution in [0, 0.1) is 0 Å². The van der Waals surface area contributed by atoms with E-state index in [0.29, 0.717) is 38.3 Å². The van der Waals surface area contributed by atoms with Crippen LogP contribution in [-0.2, 0) is 12.8 Å². The number of methoxy groups -OCH3 is 2. The Kier molecular flexibility index (Phi) is 6.86. The Bertz CT molecular complexity index is 1480. The smallest absolute Gasteiger partial charge is 0.267 e. The zero-order valence-electron chi connectivity index (χ0n) is 19.3. The molecule has 0 aliphatic heterocycles. The topological polar surface area (TPSA) is 70.4 Å². The van der Waals surface area contributed by atoms with Crippen molar-refractivity contribution in [2.75, 3.05) is 20.0 Å². The van der Waals surface area contributed by atoms with Crippen molar-refractivity contribution in [3.63, 3.8) is 0 Å². The number of Topliss-reactive ketones (excluding diaryl/α,β-unsaturated/α-hetero) is 1. The van der Waals surface area contributed by atoms with Crippen LogP contribution in [0.25, 0.3) is 15.9 Å². The van der Waals surface area contributed by atoms with Gasteiger partial charge in [0, 0.05) is 9.90 Å². The van der Waals surface area contributed by atoms with Crippen LogP contribution in [0.5, 0.6) is 11.5 Å². The Morgan fingerprint density at radius 2 is 1.89 bits per heavy atom. The van der Waals surface area contributed by atoms with Gasteiger partial charge in [0.15, 0.2) is 10.9 Å². The van der Waals surface area contributed by atoms with E-state index in [9.17, 15) is 9.59 Å². The number of nitrogens with zero attached hydrogens (tertiary/aromatic N) is 2. The fraction of sp³-hybridized carbons (Fsp3) is 0.269. The average molecular weight is 527 g/mol. The number of thioether (sulfide) groups is 1. The Morgan fingerprint density at radius 3 is 2.63 bits per heavy atom. The summed E-state index contributed by atoms with van der Waals surface area (Å²) in [5.74, 6) is 0.982. The zero-order chi connectivity index (χ0) is 24.5. The highest BCUT2D eigenvalue weighted by molar-refractivity contribution is 7.99. The molecule has 0 atom stereocenters. The summed E-state index contributed by atoms with van der Waals surface area (Å²) >= 11 is 8.93. The SMILES string of the molecule is COc1ccc(OC)c(C(=O)CSc2nc3sc4c(c3c(=O)n2-c2ccc(Cl)cc2)CCCC4)c1. The second-order valence-corrected chi connectivity index (χ2v) is 10.6. The van der Waals surface area contributed by atoms with Gasteiger partial charge >= 0.3 is 0 Å². The van der Waals surface area contributed by atoms with Crippen LogP contribution < -0.4 is 15.0 Å². The third-order valence-electron chi connectivity index (χ3n) is 6.08. The van der Waals surface area contributed by atoms with Crippen LogP contribution >= 0.6 is 34.7 Å². The number of fused-ring (bicyclic) bond motifs is 3. The van der Waals surface area contributed by atoms with Crippen molar-refractivity contribution in [3.05, 3.63) is 73.8 Å². The molecule has 2 aromatic heterocycles. The molecular formula is C26H23ClN2O4S2. The lowest BCUT2D eigenvalue weighted by atomic mass is 9.97. The number of hydrogen-bond donors (Lipinski definition) is 0. The lowest BCUT2D eigenvalue weighted by molar-refractivity contribution is 0.101. The van der Waals surface area contributed by atoms with Crippen molar-refractivity contribution in [2.45, 2.75) is 30.8 Å². The second kappa shape index (κ2) is 10.0. The molecule has 0 unspecified atom stereocenters. The number of aryl methyl sites for hydroxylation is 2. The maximum Gasteiger partial charge on any atom is 0.267 e. The molecule has 0 radical (unpaired) electrons. The van der Waals surface area contributed by atoms with Crippen LogP contribution in [0.1, 0.15) is 33.6 Å². The van der Waals surface area contributed by atoms with E-state index in [-0.39, 0.29) is 17.1 Å². The summed E-state index contributed by atoms with van der Waals surface area (Å²) in [7, 11) is 3.08. The van der Waals surface area contributed by atoms with Crippen molar-refractivity contribution in [3.8, 4) is 17.2 Å². The van der Waals surface area contributed by atoms with Gasteiger partial charge < -0.3 is 9.47 Å². The van der Waals surface area contributed by atoms with E-state index in [0.717, 1.165) is 36.1 Å². The van der Waals surface area contributed by atoms with Crippen molar-refractivity contribution >= 4 is 50.7 Å². The predicted molar refractivity (Wildman–Crippen MR) is 141 cm³/mol. The van der Waals surface area contributed by atoms with Gasteiger partial charge in [-0.25, -0.2) is 4.98 Å². The van der Waals surface area contributed by atoms with E-state index in [1.165, 1.54) is 23.7 Å². The van der Waals surface area contributed by atoms with Gasteiger partial charge in [-0.1, -0.05) is 23.4 Å². The lowest BCUT2D eigenvalue weighted by Gasteiger charge is -2.14. The largest absolute Gasteiger partial charge is 0.497 e. The summed E-state index contributed by atoms with van der Waals surface area (Å²) in [4.78, 5) is 33.9. The summed E-state index contributed by atoms with van der Waals surface area (Å²) in [6.45, 7) is 0. The van der Waals surface area contributed by atoms with Crippen LogP contribution in [0.2, 0.25) is 5.02 Å². The number of benzene rings is 2. The highest BCUT2D eigenvalue weighted by Crippen LogP contribution is 2.35. The fourth-order valence-corrected chi connectivity index (χ4v) is 6.67. The van der Waals surface area contributed by atoms with Gasteiger partial charge in [-0.3, -0.25) is 14.2 Å². The molecule has 0 fully saturated rings. The molecule has 1 aliphatic rings. The van der Waals surface area contributed by atoms with Crippen molar-refractivity contribution in [1.82, 2.24) is 9.55 Å². The molecule has 35 heavy (non-hydrogen) atoms. The summed E-state index contributed by atoms with van der Waals surface area (Å²) < 4.78 is 12.3. The Morgan fingerprint density at radius 1 is 1.11 bits per heavy atom. The third-order valence-corrected chi connectivity index (χ3v) is 8.46. The number of aromatic nitrogens is 2. The Hall–Kier alpha value is -2.81. The number of carbonyl (C=O) groups is 1. The van der Waals surface area contributed by atoms with Gasteiger partial charge in [0.1, 0.15) is 16.3 Å². The number of ether oxygens (including phenoxy) is 2. The van der Waals surface area contributed by atoms with E-state index < -0.39 is 0 Å². The van der Waals surface area contributed by atoms with Gasteiger partial charge in [0.25, 0.3) is 5.56 Å². The van der Waals surface area contributed by atoms with Gasteiger partial charge in [-0.15, -0.1) is 11.3 Å². The predicted octanol–water partition coefficient (Wildman–Crippen LogP) is 5.97. The zero-order valence-corrected chi connectivity index (χ0v) is 21.7. The van der Waals surface area contributed by atoms with Crippen LogP contribution in [-0.4, -0.2) is 35.3 Å². The molecule has 4 aromatic rings. The van der Waals surface area contributed by atoms with Crippen molar-refractivity contribution in [2.24, 2.45) is 0 Å². The molecule has 5 rings (SSSR count). The van der Waals surface area contributed by atoms with Gasteiger partial charge in [-0.2, -0.15) is 0 Å². The maximum atomic E-state index is 13.8. The molecule has 0 N–H and O–H groups in total. The monoisotopic (exact) mass is 526 g/mol. The maximum absolute atomic E-state index is 13.8. The number of ketones is 1. The quantitative estimate of drug-likeness (QED) is 0.168. The summed E-state index contributed by atoms with van der Waals surface area (Å²) in [6, 6.07) is 12.2. The summed E-state index contributed by atoms with van der Waals surface area (Å²) in [5.41, 5.74) is 2.11. The van der Waals surface area contributed by atoms with E-state index >= 15 is 0 Å². The van der Waals surface area contributed by atoms with E-state index in [1.807, 2.05) is 0 Å². The molecule has 6 nitrogen and oxygen atoms in total. The molecule has 2 heterocycles. The molecular weight excluding hydrogens is 504 g/mol. The standard InChI is InChI=1S/C26H23ClN2O4S2/c1-32-17-11-12-21(33-2)19(13-17)20(30)14-34-26-28-24-23(18-5-3-4-6-22(18)35-24)25(31)29(26)16-9-7-15(27)8-10-16/h7-13H,3-6,14H2,1-2H3. The van der Waals surface area contributed by atoms with Gasteiger partial charge in [0.05, 0.1) is 36.6 Å². The number of hydrogen-bond acceptors (Lipinski definition) is 7. The molecule has 0 spiro atoms. The third kappa shape index (κ3) is 4.58. The normalized spacial score (nSPS) is 13.0. The second-order valence-electron chi connectivity index (χ2n) is 8.18. The first kappa shape index (κ1) is 23.9. The van der Waals surface area contributed by atoms with Gasteiger partial charge in [-0.05, 0) is 73.7 Å². The minimum atomic E-state index is -0.145. The molecule has 180 valence electrons. The molecule has 1 aliphatic carbocycles. The lowest BCUT2D eigenvalue weighted by Crippen LogP contribution is -2.22. The number of rotatable bonds is 7. The van der Waals surface area contributed by atoms with E-state index in [2.05, 4.69) is 0 Å². The fourth-order valence-electron chi connectivity index (χ4n) is 4.34. The highest BCUT2D eigenvalue weighted by atomic mass is 35.5. The van der Waals surface area contributed by atoms with Crippen LogP contribution in [0.4, 0.5) is 0 Å². The summed E-state index contributed by atoms with van der Waals surface area (Å²) in [5, 5.41) is 1.75. The van der Waals surface area contributed by atoms with Crippen LogP contribution in [0.15, 0.2) is 52.4 Å². The van der Waals surface area contributed by atoms with E-state index in [1.54, 1.807) is 65.5 Å². The van der Waals surface area contributed by atoms with Crippen molar-refractivity contribution < 1.29 is 14.3 Å². The molecule has 0 saturated heterocycles. The Labute approximate surface area is 215 Å². The Balaban J connectivity index is 1.58. The first-order valence-electron chi connectivity index (χ1n) is 11.2. The highest BCUT2D eigenvalue weighted by Gasteiger charge is 2.24. The first-order chi connectivity index (χ1) is 17.0. The molecule has 0 amide bonds. The van der Waals surface area contributed by atoms with Crippen molar-refractivity contribution in [1.29, 1.82) is 0 Å². The minimum Gasteiger partial charge on any atom is -0.497 e. The molecule has 0 saturated carbocycles. The molecule has 9 heteroatoms. The van der Waals surface area contributed by atoms with Gasteiger partial charge in [0.2, 0.25) is 0 Å². The number of halogens is 1. The number of carbonyl (C=O) groups excluding carboxylic acids is 1. The first-order valence-corrected chi connectivity index (χ1v) is 13.4. The molecule has 2 aromatic carbocycles. The minimum absolute atomic E-state index is 0.0835. The number of thiophene rings is 1. The summed E-state index contributed by atoms with van der Waals surface area (Å²) in [6.07, 6.45) is 4.08. The average Bonchev–Trinajstić information content (AvgIpc) is 3.26.